The van der Waals surface area contributed by atoms with Gasteiger partial charge in [0.25, 0.3) is 11.8 Å². The number of carbonyl (C=O) groups excluding carboxylic acids is 5. The molecule has 2 N–H and O–H groups in total. The zero-order valence-corrected chi connectivity index (χ0v) is 17.3. The predicted molar refractivity (Wildman–Crippen MR) is 104 cm³/mol. The molecule has 0 fully saturated rings. The second-order valence-corrected chi connectivity index (χ2v) is 6.32. The average Bonchev–Trinajstić information content (AvgIpc) is 3.00. The number of hydrogen-bond donors (Lipinski definition) is 2. The van der Waals surface area contributed by atoms with Gasteiger partial charge in [-0.15, -0.1) is 11.3 Å². The molecule has 1 aromatic rings. The van der Waals surface area contributed by atoms with E-state index in [9.17, 15) is 24.0 Å². The van der Waals surface area contributed by atoms with E-state index in [1.165, 1.54) is 7.05 Å². The summed E-state index contributed by atoms with van der Waals surface area (Å²) in [7, 11) is 1.44. The van der Waals surface area contributed by atoms with Crippen LogP contribution in [0.5, 0.6) is 0 Å². The molecule has 0 unspecified atom stereocenters. The highest BCUT2D eigenvalue weighted by Gasteiger charge is 2.26. The second-order valence-electron chi connectivity index (χ2n) is 5.30. The Morgan fingerprint density at radius 1 is 0.966 bits per heavy atom. The zero-order valence-electron chi connectivity index (χ0n) is 16.5. The fourth-order valence-electron chi connectivity index (χ4n) is 2.05. The maximum atomic E-state index is 12.2. The van der Waals surface area contributed by atoms with E-state index in [1.807, 2.05) is 0 Å². The number of nitrogens with one attached hydrogen (secondary N) is 2. The van der Waals surface area contributed by atoms with Crippen molar-refractivity contribution < 1.29 is 38.2 Å². The van der Waals surface area contributed by atoms with E-state index in [2.05, 4.69) is 15.4 Å². The van der Waals surface area contributed by atoms with Crippen LogP contribution >= 0.6 is 11.3 Å². The van der Waals surface area contributed by atoms with Crippen molar-refractivity contribution in [3.63, 3.8) is 0 Å². The molecule has 0 aliphatic carbocycles. The molecule has 0 saturated heterocycles. The molecule has 0 aliphatic rings. The predicted octanol–water partition coefficient (Wildman–Crippen LogP) is 1.19. The highest BCUT2D eigenvalue weighted by Crippen LogP contribution is 2.33. The van der Waals surface area contributed by atoms with E-state index in [1.54, 1.807) is 20.8 Å². The molecule has 1 heterocycles. The molecule has 1 rings (SSSR count). The lowest BCUT2D eigenvalue weighted by atomic mass is 10.1. The van der Waals surface area contributed by atoms with Gasteiger partial charge in [-0.3, -0.25) is 9.59 Å². The number of anilines is 1. The summed E-state index contributed by atoms with van der Waals surface area (Å²) in [5, 5.41) is 4.99. The molecule has 0 saturated carbocycles. The van der Waals surface area contributed by atoms with Gasteiger partial charge in [-0.2, -0.15) is 0 Å². The molecule has 0 atom stereocenters. The van der Waals surface area contributed by atoms with Crippen LogP contribution in [0.2, 0.25) is 0 Å². The van der Waals surface area contributed by atoms with Gasteiger partial charge >= 0.3 is 17.9 Å². The molecule has 0 radical (unpaired) electrons. The Balaban J connectivity index is 2.86. The number of amides is 2. The summed E-state index contributed by atoms with van der Waals surface area (Å²) in [4.78, 5) is 59.2. The summed E-state index contributed by atoms with van der Waals surface area (Å²) < 4.78 is 14.3. The molecule has 0 aromatic carbocycles. The van der Waals surface area contributed by atoms with Crippen molar-refractivity contribution in [1.29, 1.82) is 0 Å². The van der Waals surface area contributed by atoms with Crippen LogP contribution in [0.3, 0.4) is 0 Å². The third-order valence-corrected chi connectivity index (χ3v) is 4.51. The summed E-state index contributed by atoms with van der Waals surface area (Å²) in [5.74, 6) is -3.50. The Labute approximate surface area is 171 Å². The summed E-state index contributed by atoms with van der Waals surface area (Å²) in [5.41, 5.74) is 0.412. The lowest BCUT2D eigenvalue weighted by Gasteiger charge is -2.07. The first-order chi connectivity index (χ1) is 13.7. The van der Waals surface area contributed by atoms with Crippen LogP contribution in [0.1, 0.15) is 39.4 Å². The first kappa shape index (κ1) is 23.8. The van der Waals surface area contributed by atoms with Crippen molar-refractivity contribution in [2.75, 3.05) is 32.2 Å². The number of ether oxygens (including phenoxy) is 3. The van der Waals surface area contributed by atoms with Crippen molar-refractivity contribution in [3.8, 4) is 0 Å². The van der Waals surface area contributed by atoms with Gasteiger partial charge in [-0.25, -0.2) is 14.4 Å². The first-order valence-electron chi connectivity index (χ1n) is 8.59. The van der Waals surface area contributed by atoms with E-state index >= 15 is 0 Å². The van der Waals surface area contributed by atoms with Gasteiger partial charge in [0.1, 0.15) is 5.00 Å². The van der Waals surface area contributed by atoms with Crippen LogP contribution in [-0.2, 0) is 28.6 Å². The van der Waals surface area contributed by atoms with Gasteiger partial charge in [0.15, 0.2) is 6.61 Å². The van der Waals surface area contributed by atoms with Crippen molar-refractivity contribution in [2.24, 2.45) is 0 Å². The maximum Gasteiger partial charge on any atom is 0.341 e. The smallest absolute Gasteiger partial charge is 0.341 e. The largest absolute Gasteiger partial charge is 0.463 e. The van der Waals surface area contributed by atoms with Crippen LogP contribution in [-0.4, -0.2) is 56.6 Å². The lowest BCUT2D eigenvalue weighted by molar-refractivity contribution is -0.143. The average molecular weight is 426 g/mol. The minimum atomic E-state index is -0.924. The van der Waals surface area contributed by atoms with Crippen LogP contribution in [0.25, 0.3) is 0 Å². The quantitative estimate of drug-likeness (QED) is 0.341. The number of esters is 3. The molecular weight excluding hydrogens is 404 g/mol. The van der Waals surface area contributed by atoms with Crippen LogP contribution in [0, 0.1) is 6.92 Å². The zero-order chi connectivity index (χ0) is 22.0. The number of thiophene rings is 1. The van der Waals surface area contributed by atoms with Crippen molar-refractivity contribution >= 4 is 46.1 Å². The minimum Gasteiger partial charge on any atom is -0.463 e. The minimum absolute atomic E-state index is 0.0531. The lowest BCUT2D eigenvalue weighted by Crippen LogP contribution is -2.21. The standard InChI is InChI=1S/C18H22N2O8S/c1-5-26-12(22)7-8-13(23)28-9-11(21)20-17-14(18(25)27-6-2)10(3)15(29-17)16(24)19-4/h7-8H,5-6,9H2,1-4H3,(H,19,24)(H,20,21). The Kier molecular flexibility index (Phi) is 9.52. The Morgan fingerprint density at radius 2 is 1.55 bits per heavy atom. The topological polar surface area (TPSA) is 137 Å². The first-order valence-corrected chi connectivity index (χ1v) is 9.40. The van der Waals surface area contributed by atoms with Gasteiger partial charge in [0, 0.05) is 19.2 Å². The molecular formula is C18H22N2O8S. The summed E-state index contributed by atoms with van der Waals surface area (Å²) in [6, 6.07) is 0. The van der Waals surface area contributed by atoms with E-state index in [0.29, 0.717) is 5.56 Å². The monoisotopic (exact) mass is 426 g/mol. The molecule has 10 nitrogen and oxygen atoms in total. The van der Waals surface area contributed by atoms with Gasteiger partial charge in [0.05, 0.1) is 23.7 Å². The van der Waals surface area contributed by atoms with Gasteiger partial charge < -0.3 is 24.8 Å². The van der Waals surface area contributed by atoms with Crippen molar-refractivity contribution in [1.82, 2.24) is 5.32 Å². The van der Waals surface area contributed by atoms with Crippen molar-refractivity contribution in [3.05, 3.63) is 28.2 Å². The number of rotatable bonds is 9. The summed E-state index contributed by atoms with van der Waals surface area (Å²) in [6.45, 7) is 4.40. The van der Waals surface area contributed by atoms with Gasteiger partial charge in [-0.1, -0.05) is 0 Å². The highest BCUT2D eigenvalue weighted by molar-refractivity contribution is 7.18. The maximum absolute atomic E-state index is 12.2. The highest BCUT2D eigenvalue weighted by atomic mass is 32.1. The van der Waals surface area contributed by atoms with Crippen LogP contribution < -0.4 is 10.6 Å². The van der Waals surface area contributed by atoms with Crippen molar-refractivity contribution in [2.45, 2.75) is 20.8 Å². The molecule has 1 aromatic heterocycles. The molecule has 0 spiro atoms. The molecule has 2 amide bonds. The van der Waals surface area contributed by atoms with E-state index in [0.717, 1.165) is 23.5 Å². The Bertz CT molecular complexity index is 828. The normalized spacial score (nSPS) is 10.3. The fraction of sp³-hybridized carbons (Fsp3) is 0.389. The third-order valence-electron chi connectivity index (χ3n) is 3.30. The third kappa shape index (κ3) is 7.03. The van der Waals surface area contributed by atoms with E-state index in [-0.39, 0.29) is 28.7 Å². The molecule has 0 bridgehead atoms. The Hall–Kier alpha value is -3.21. The van der Waals surface area contributed by atoms with Crippen LogP contribution in [0.15, 0.2) is 12.2 Å². The summed E-state index contributed by atoms with van der Waals surface area (Å²) >= 11 is 0.895. The molecule has 11 heteroatoms. The molecule has 29 heavy (non-hydrogen) atoms. The number of hydrogen-bond acceptors (Lipinski definition) is 9. The van der Waals surface area contributed by atoms with E-state index in [4.69, 9.17) is 9.47 Å². The SMILES string of the molecule is CCOC(=O)C=CC(=O)OCC(=O)Nc1sc(C(=O)NC)c(C)c1C(=O)OCC. The number of carbonyl (C=O) groups is 5. The molecule has 0 aliphatic heterocycles. The Morgan fingerprint density at radius 3 is 2.10 bits per heavy atom. The molecule has 158 valence electrons. The van der Waals surface area contributed by atoms with Crippen LogP contribution in [0.4, 0.5) is 5.00 Å². The summed E-state index contributed by atoms with van der Waals surface area (Å²) in [6.07, 6.45) is 1.70. The fourth-order valence-corrected chi connectivity index (χ4v) is 3.21. The van der Waals surface area contributed by atoms with Gasteiger partial charge in [0.2, 0.25) is 0 Å². The van der Waals surface area contributed by atoms with Gasteiger partial charge in [-0.05, 0) is 26.3 Å². The second kappa shape index (κ2) is 11.6. The van der Waals surface area contributed by atoms with E-state index < -0.39 is 36.3 Å².